The highest BCUT2D eigenvalue weighted by atomic mass is 19.1. The number of hydrogen-bond donors (Lipinski definition) is 1. The molecule has 1 atom stereocenters. The molecule has 86 valence electrons. The van der Waals surface area contributed by atoms with Crippen LogP contribution in [-0.4, -0.2) is 19.8 Å². The van der Waals surface area contributed by atoms with Crippen LogP contribution in [0.25, 0.3) is 0 Å². The molecule has 1 aromatic rings. The van der Waals surface area contributed by atoms with Gasteiger partial charge in [-0.1, -0.05) is 0 Å². The van der Waals surface area contributed by atoms with E-state index in [0.717, 1.165) is 6.42 Å². The number of methoxy groups -OCH3 is 1. The Morgan fingerprint density at radius 1 is 1.56 bits per heavy atom. The van der Waals surface area contributed by atoms with E-state index >= 15 is 0 Å². The minimum atomic E-state index is -0.397. The smallest absolute Gasteiger partial charge is 0.124 e. The fourth-order valence-corrected chi connectivity index (χ4v) is 1.37. The van der Waals surface area contributed by atoms with E-state index in [1.807, 2.05) is 13.0 Å². The van der Waals surface area contributed by atoms with Crippen molar-refractivity contribution < 1.29 is 9.13 Å². The van der Waals surface area contributed by atoms with E-state index in [2.05, 4.69) is 5.32 Å². The average molecular weight is 222 g/mol. The molecule has 0 aliphatic rings. The van der Waals surface area contributed by atoms with Gasteiger partial charge in [-0.05, 0) is 31.5 Å². The molecule has 1 unspecified atom stereocenters. The van der Waals surface area contributed by atoms with Gasteiger partial charge in [0, 0.05) is 19.8 Å². The van der Waals surface area contributed by atoms with Gasteiger partial charge in [-0.15, -0.1) is 0 Å². The van der Waals surface area contributed by atoms with Crippen molar-refractivity contribution in [2.45, 2.75) is 19.4 Å². The maximum atomic E-state index is 12.9. The summed E-state index contributed by atoms with van der Waals surface area (Å²) in [5.41, 5.74) is 0.983. The second-order valence-electron chi connectivity index (χ2n) is 3.63. The van der Waals surface area contributed by atoms with Gasteiger partial charge < -0.3 is 10.1 Å². The van der Waals surface area contributed by atoms with Crippen molar-refractivity contribution in [1.82, 2.24) is 0 Å². The van der Waals surface area contributed by atoms with Gasteiger partial charge in [0.1, 0.15) is 11.9 Å². The van der Waals surface area contributed by atoms with Crippen molar-refractivity contribution in [2.75, 3.05) is 19.0 Å². The lowest BCUT2D eigenvalue weighted by molar-refractivity contribution is 0.191. The summed E-state index contributed by atoms with van der Waals surface area (Å²) in [6, 6.07) is 6.29. The maximum absolute atomic E-state index is 12.9. The SMILES string of the molecule is COCCC(C)Nc1ccc(F)cc1C#N. The van der Waals surface area contributed by atoms with Crippen LogP contribution in [0.3, 0.4) is 0 Å². The van der Waals surface area contributed by atoms with E-state index in [4.69, 9.17) is 10.00 Å². The average Bonchev–Trinajstić information content (AvgIpc) is 2.28. The van der Waals surface area contributed by atoms with Crippen molar-refractivity contribution in [2.24, 2.45) is 0 Å². The van der Waals surface area contributed by atoms with Crippen LogP contribution in [0, 0.1) is 17.1 Å². The van der Waals surface area contributed by atoms with E-state index in [0.29, 0.717) is 17.9 Å². The molecule has 0 fully saturated rings. The van der Waals surface area contributed by atoms with E-state index in [1.54, 1.807) is 13.2 Å². The van der Waals surface area contributed by atoms with Crippen LogP contribution in [0.5, 0.6) is 0 Å². The Labute approximate surface area is 94.8 Å². The minimum Gasteiger partial charge on any atom is -0.385 e. The van der Waals surface area contributed by atoms with Crippen LogP contribution in [0.1, 0.15) is 18.9 Å². The Morgan fingerprint density at radius 2 is 2.31 bits per heavy atom. The van der Waals surface area contributed by atoms with E-state index < -0.39 is 5.82 Å². The van der Waals surface area contributed by atoms with Crippen LogP contribution in [0.2, 0.25) is 0 Å². The third-order valence-electron chi connectivity index (χ3n) is 2.26. The molecule has 0 bridgehead atoms. The molecule has 0 heterocycles. The predicted octanol–water partition coefficient (Wildman–Crippen LogP) is 2.53. The lowest BCUT2D eigenvalue weighted by atomic mass is 10.1. The number of nitrogens with one attached hydrogen (secondary N) is 1. The summed E-state index contributed by atoms with van der Waals surface area (Å²) in [7, 11) is 1.64. The maximum Gasteiger partial charge on any atom is 0.124 e. The third-order valence-corrected chi connectivity index (χ3v) is 2.26. The van der Waals surface area contributed by atoms with Crippen LogP contribution in [-0.2, 0) is 4.74 Å². The van der Waals surface area contributed by atoms with Gasteiger partial charge in [0.15, 0.2) is 0 Å². The molecule has 0 aliphatic carbocycles. The van der Waals surface area contributed by atoms with Crippen LogP contribution < -0.4 is 5.32 Å². The molecule has 0 amide bonds. The van der Waals surface area contributed by atoms with Gasteiger partial charge in [-0.3, -0.25) is 0 Å². The highest BCUT2D eigenvalue weighted by molar-refractivity contribution is 5.57. The Bertz CT molecular complexity index is 387. The number of ether oxygens (including phenoxy) is 1. The van der Waals surface area contributed by atoms with E-state index in [-0.39, 0.29) is 6.04 Å². The van der Waals surface area contributed by atoms with Gasteiger partial charge in [0.05, 0.1) is 11.3 Å². The quantitative estimate of drug-likeness (QED) is 0.832. The summed E-state index contributed by atoms with van der Waals surface area (Å²) >= 11 is 0. The minimum absolute atomic E-state index is 0.178. The first-order chi connectivity index (χ1) is 7.67. The van der Waals surface area contributed by atoms with Gasteiger partial charge in [0.25, 0.3) is 0 Å². The van der Waals surface area contributed by atoms with Gasteiger partial charge in [-0.25, -0.2) is 4.39 Å². The lowest BCUT2D eigenvalue weighted by Crippen LogP contribution is -2.17. The molecule has 0 radical (unpaired) electrons. The second-order valence-corrected chi connectivity index (χ2v) is 3.63. The summed E-state index contributed by atoms with van der Waals surface area (Å²) in [5.74, 6) is -0.397. The zero-order valence-electron chi connectivity index (χ0n) is 9.46. The van der Waals surface area contributed by atoms with E-state index in [9.17, 15) is 4.39 Å². The number of nitrogens with zero attached hydrogens (tertiary/aromatic N) is 1. The molecule has 16 heavy (non-hydrogen) atoms. The molecule has 0 saturated carbocycles. The Morgan fingerprint density at radius 3 is 2.94 bits per heavy atom. The highest BCUT2D eigenvalue weighted by Crippen LogP contribution is 2.17. The van der Waals surface area contributed by atoms with Gasteiger partial charge in [0.2, 0.25) is 0 Å². The standard InChI is InChI=1S/C12H15FN2O/c1-9(5-6-16-2)15-12-4-3-11(13)7-10(12)8-14/h3-4,7,9,15H,5-6H2,1-2H3. The Hall–Kier alpha value is -1.60. The largest absolute Gasteiger partial charge is 0.385 e. The third kappa shape index (κ3) is 3.52. The molecular weight excluding hydrogens is 207 g/mol. The van der Waals surface area contributed by atoms with Crippen molar-refractivity contribution in [1.29, 1.82) is 5.26 Å². The summed E-state index contributed by atoms with van der Waals surface area (Å²) in [6.07, 6.45) is 0.832. The van der Waals surface area contributed by atoms with Crippen LogP contribution in [0.4, 0.5) is 10.1 Å². The summed E-state index contributed by atoms with van der Waals surface area (Å²) in [6.45, 7) is 2.64. The zero-order valence-corrected chi connectivity index (χ0v) is 9.46. The van der Waals surface area contributed by atoms with Gasteiger partial charge in [-0.2, -0.15) is 5.26 Å². The summed E-state index contributed by atoms with van der Waals surface area (Å²) in [4.78, 5) is 0. The lowest BCUT2D eigenvalue weighted by Gasteiger charge is -2.15. The second kappa shape index (κ2) is 6.09. The Balaban J connectivity index is 2.70. The molecule has 1 aromatic carbocycles. The van der Waals surface area contributed by atoms with Crippen molar-refractivity contribution >= 4 is 5.69 Å². The number of benzene rings is 1. The highest BCUT2D eigenvalue weighted by Gasteiger charge is 2.07. The molecular formula is C12H15FN2O. The first kappa shape index (κ1) is 12.5. The molecule has 0 aromatic heterocycles. The Kier molecular flexibility index (Phi) is 4.74. The summed E-state index contributed by atoms with van der Waals surface area (Å²) < 4.78 is 17.8. The van der Waals surface area contributed by atoms with Crippen molar-refractivity contribution in [3.05, 3.63) is 29.6 Å². The number of rotatable bonds is 5. The molecule has 1 rings (SSSR count). The molecule has 0 spiro atoms. The fraction of sp³-hybridized carbons (Fsp3) is 0.417. The molecule has 4 heteroatoms. The molecule has 3 nitrogen and oxygen atoms in total. The topological polar surface area (TPSA) is 45.0 Å². The number of anilines is 1. The molecule has 0 saturated heterocycles. The fourth-order valence-electron chi connectivity index (χ4n) is 1.37. The van der Waals surface area contributed by atoms with Gasteiger partial charge >= 0.3 is 0 Å². The number of hydrogen-bond acceptors (Lipinski definition) is 3. The molecule has 1 N–H and O–H groups in total. The first-order valence-electron chi connectivity index (χ1n) is 5.12. The van der Waals surface area contributed by atoms with E-state index in [1.165, 1.54) is 12.1 Å². The monoisotopic (exact) mass is 222 g/mol. The normalized spacial score (nSPS) is 11.9. The number of nitriles is 1. The first-order valence-corrected chi connectivity index (χ1v) is 5.12. The van der Waals surface area contributed by atoms with Crippen molar-refractivity contribution in [3.8, 4) is 6.07 Å². The number of halogens is 1. The molecule has 0 aliphatic heterocycles. The van der Waals surface area contributed by atoms with Crippen LogP contribution in [0.15, 0.2) is 18.2 Å². The summed E-state index contributed by atoms with van der Waals surface area (Å²) in [5, 5.41) is 12.0. The predicted molar refractivity (Wildman–Crippen MR) is 60.7 cm³/mol. The zero-order chi connectivity index (χ0) is 12.0. The van der Waals surface area contributed by atoms with Crippen molar-refractivity contribution in [3.63, 3.8) is 0 Å². The van der Waals surface area contributed by atoms with Crippen LogP contribution >= 0.6 is 0 Å².